The first kappa shape index (κ1) is 21.3. The number of rotatable bonds is 5. The second kappa shape index (κ2) is 9.11. The Kier molecular flexibility index (Phi) is 5.88. The van der Waals surface area contributed by atoms with E-state index in [9.17, 15) is 8.78 Å². The monoisotopic (exact) mass is 445 g/mol. The minimum atomic E-state index is -0.258. The molecule has 1 saturated heterocycles. The summed E-state index contributed by atoms with van der Waals surface area (Å²) in [5, 5.41) is 7.26. The van der Waals surface area contributed by atoms with E-state index in [1.165, 1.54) is 24.3 Å². The Morgan fingerprint density at radius 3 is 2.18 bits per heavy atom. The Morgan fingerprint density at radius 1 is 0.879 bits per heavy atom. The Balaban J connectivity index is 1.40. The van der Waals surface area contributed by atoms with Crippen LogP contribution in [0.4, 0.5) is 14.5 Å². The summed E-state index contributed by atoms with van der Waals surface area (Å²) in [6.45, 7) is 5.29. The van der Waals surface area contributed by atoms with Gasteiger partial charge >= 0.3 is 0 Å². The van der Waals surface area contributed by atoms with Gasteiger partial charge in [-0.2, -0.15) is 5.10 Å². The van der Waals surface area contributed by atoms with Gasteiger partial charge in [-0.3, -0.25) is 15.0 Å². The molecule has 1 atom stereocenters. The van der Waals surface area contributed by atoms with E-state index in [1.807, 2.05) is 31.3 Å². The largest absolute Gasteiger partial charge is 0.367 e. The van der Waals surface area contributed by atoms with E-state index in [-0.39, 0.29) is 17.7 Å². The number of aromatic amines is 1. The van der Waals surface area contributed by atoms with Crippen LogP contribution in [0.3, 0.4) is 0 Å². The molecule has 0 radical (unpaired) electrons. The van der Waals surface area contributed by atoms with Crippen LogP contribution in [0.1, 0.15) is 22.9 Å². The molecule has 0 aliphatic carbocycles. The number of nitrogens with zero attached hydrogens (tertiary/aromatic N) is 4. The maximum atomic E-state index is 13.6. The van der Waals surface area contributed by atoms with E-state index in [0.29, 0.717) is 0 Å². The number of hydrogen-bond acceptors (Lipinski definition) is 4. The van der Waals surface area contributed by atoms with Crippen LogP contribution in [0.2, 0.25) is 0 Å². The van der Waals surface area contributed by atoms with Gasteiger partial charge in [0.2, 0.25) is 0 Å². The van der Waals surface area contributed by atoms with E-state index in [0.717, 1.165) is 59.9 Å². The normalized spacial score (nSPS) is 15.5. The van der Waals surface area contributed by atoms with Crippen molar-refractivity contribution in [1.29, 1.82) is 0 Å². The maximum absolute atomic E-state index is 13.6. The number of benzene rings is 2. The average Bonchev–Trinajstić information content (AvgIpc) is 3.27. The summed E-state index contributed by atoms with van der Waals surface area (Å²) >= 11 is 0. The first-order valence-electron chi connectivity index (χ1n) is 11.1. The highest BCUT2D eigenvalue weighted by Gasteiger charge is 2.29. The molecule has 7 heteroatoms. The molecule has 0 saturated carbocycles. The number of piperazine rings is 1. The fraction of sp³-hybridized carbons (Fsp3) is 0.231. The molecule has 0 spiro atoms. The lowest BCUT2D eigenvalue weighted by molar-refractivity contribution is 0.212. The molecule has 5 nitrogen and oxygen atoms in total. The molecule has 1 aliphatic rings. The molecule has 1 unspecified atom stereocenters. The summed E-state index contributed by atoms with van der Waals surface area (Å²) in [6.07, 6.45) is 3.63. The number of aromatic nitrogens is 3. The van der Waals surface area contributed by atoms with Crippen LogP contribution in [0.5, 0.6) is 0 Å². The lowest BCUT2D eigenvalue weighted by Crippen LogP contribution is -2.48. The van der Waals surface area contributed by atoms with E-state index in [4.69, 9.17) is 0 Å². The average molecular weight is 446 g/mol. The van der Waals surface area contributed by atoms with Crippen LogP contribution < -0.4 is 4.90 Å². The number of halogens is 2. The van der Waals surface area contributed by atoms with Crippen LogP contribution in [-0.4, -0.2) is 46.3 Å². The Hall–Kier alpha value is -3.58. The molecule has 3 heterocycles. The van der Waals surface area contributed by atoms with Gasteiger partial charge in [0, 0.05) is 49.2 Å². The molecule has 4 aromatic rings. The SMILES string of the molecule is Cc1[nH]ncc1C(c1ccc(F)cc1)N1CCN(c2cccnc2-c2ccc(F)cc2)CC1. The van der Waals surface area contributed by atoms with Gasteiger partial charge in [-0.25, -0.2) is 8.78 Å². The third-order valence-electron chi connectivity index (χ3n) is 6.27. The second-order valence-electron chi connectivity index (χ2n) is 8.31. The first-order chi connectivity index (χ1) is 16.1. The molecule has 1 N–H and O–H groups in total. The molecule has 33 heavy (non-hydrogen) atoms. The highest BCUT2D eigenvalue weighted by atomic mass is 19.1. The van der Waals surface area contributed by atoms with Crippen molar-refractivity contribution in [2.24, 2.45) is 0 Å². The minimum absolute atomic E-state index is 0.00281. The molecule has 2 aromatic heterocycles. The zero-order valence-corrected chi connectivity index (χ0v) is 18.4. The molecule has 0 amide bonds. The summed E-state index contributed by atoms with van der Waals surface area (Å²) in [5.74, 6) is -0.498. The van der Waals surface area contributed by atoms with Crippen LogP contribution in [0.25, 0.3) is 11.3 Å². The lowest BCUT2D eigenvalue weighted by Gasteiger charge is -2.40. The molecule has 5 rings (SSSR count). The molecular weight excluding hydrogens is 420 g/mol. The zero-order chi connectivity index (χ0) is 22.8. The van der Waals surface area contributed by atoms with Gasteiger partial charge in [0.25, 0.3) is 0 Å². The van der Waals surface area contributed by atoms with Crippen LogP contribution >= 0.6 is 0 Å². The van der Waals surface area contributed by atoms with Crippen molar-refractivity contribution in [3.8, 4) is 11.3 Å². The van der Waals surface area contributed by atoms with Gasteiger partial charge in [-0.05, 0) is 61.0 Å². The number of aryl methyl sites for hydroxylation is 1. The van der Waals surface area contributed by atoms with Crippen LogP contribution in [0.15, 0.2) is 73.1 Å². The highest BCUT2D eigenvalue weighted by Crippen LogP contribution is 2.34. The van der Waals surface area contributed by atoms with Crippen molar-refractivity contribution >= 4 is 5.69 Å². The summed E-state index contributed by atoms with van der Waals surface area (Å²) in [5.41, 5.74) is 5.95. The number of anilines is 1. The van der Waals surface area contributed by atoms with Crippen molar-refractivity contribution < 1.29 is 8.78 Å². The molecule has 168 valence electrons. The van der Waals surface area contributed by atoms with Crippen molar-refractivity contribution in [3.05, 3.63) is 102 Å². The van der Waals surface area contributed by atoms with Crippen molar-refractivity contribution in [2.75, 3.05) is 31.1 Å². The van der Waals surface area contributed by atoms with E-state index in [1.54, 1.807) is 18.3 Å². The Morgan fingerprint density at radius 2 is 1.55 bits per heavy atom. The topological polar surface area (TPSA) is 48.1 Å². The maximum Gasteiger partial charge on any atom is 0.123 e. The van der Waals surface area contributed by atoms with E-state index >= 15 is 0 Å². The lowest BCUT2D eigenvalue weighted by atomic mass is 9.96. The van der Waals surface area contributed by atoms with Gasteiger partial charge in [0.05, 0.1) is 23.6 Å². The highest BCUT2D eigenvalue weighted by molar-refractivity contribution is 5.75. The number of H-pyrrole nitrogens is 1. The van der Waals surface area contributed by atoms with E-state index in [2.05, 4.69) is 31.0 Å². The fourth-order valence-corrected chi connectivity index (χ4v) is 4.57. The van der Waals surface area contributed by atoms with Crippen LogP contribution in [-0.2, 0) is 0 Å². The minimum Gasteiger partial charge on any atom is -0.367 e. The number of hydrogen-bond donors (Lipinski definition) is 1. The van der Waals surface area contributed by atoms with E-state index < -0.39 is 0 Å². The standard InChI is InChI=1S/C26H25F2N5/c1-18-23(17-30-31-18)26(20-6-10-22(28)11-7-20)33-15-13-32(14-16-33)24-3-2-12-29-25(24)19-4-8-21(27)9-5-19/h2-12,17,26H,13-16H2,1H3,(H,30,31). The summed E-state index contributed by atoms with van der Waals surface area (Å²) in [7, 11) is 0. The Labute approximate surface area is 191 Å². The van der Waals surface area contributed by atoms with Gasteiger partial charge in [0.1, 0.15) is 11.6 Å². The Bertz CT molecular complexity index is 1210. The van der Waals surface area contributed by atoms with Crippen molar-refractivity contribution in [1.82, 2.24) is 20.1 Å². The summed E-state index contributed by atoms with van der Waals surface area (Å²) < 4.78 is 27.0. The van der Waals surface area contributed by atoms with Crippen molar-refractivity contribution in [3.63, 3.8) is 0 Å². The van der Waals surface area contributed by atoms with Gasteiger partial charge in [-0.15, -0.1) is 0 Å². The van der Waals surface area contributed by atoms with Crippen LogP contribution in [0, 0.1) is 18.6 Å². The predicted molar refractivity (Wildman–Crippen MR) is 125 cm³/mol. The third kappa shape index (κ3) is 4.36. The fourth-order valence-electron chi connectivity index (χ4n) is 4.57. The third-order valence-corrected chi connectivity index (χ3v) is 6.27. The van der Waals surface area contributed by atoms with Gasteiger partial charge in [-0.1, -0.05) is 12.1 Å². The second-order valence-corrected chi connectivity index (χ2v) is 8.31. The molecular formula is C26H25F2N5. The molecule has 1 fully saturated rings. The van der Waals surface area contributed by atoms with Crippen molar-refractivity contribution in [2.45, 2.75) is 13.0 Å². The molecule has 1 aliphatic heterocycles. The quantitative estimate of drug-likeness (QED) is 0.471. The number of nitrogens with one attached hydrogen (secondary N) is 1. The summed E-state index contributed by atoms with van der Waals surface area (Å²) in [4.78, 5) is 9.33. The van der Waals surface area contributed by atoms with Gasteiger partial charge in [0.15, 0.2) is 0 Å². The predicted octanol–water partition coefficient (Wildman–Crippen LogP) is 4.97. The summed E-state index contributed by atoms with van der Waals surface area (Å²) in [6, 6.07) is 17.2. The first-order valence-corrected chi connectivity index (χ1v) is 11.1. The zero-order valence-electron chi connectivity index (χ0n) is 18.4. The molecule has 2 aromatic carbocycles. The van der Waals surface area contributed by atoms with Gasteiger partial charge < -0.3 is 4.90 Å². The molecule has 0 bridgehead atoms. The smallest absolute Gasteiger partial charge is 0.123 e. The number of pyridine rings is 1.